The maximum Gasteiger partial charge on any atom is -0.0257 e. The second-order valence-corrected chi connectivity index (χ2v) is 4.22. The fourth-order valence-corrected chi connectivity index (χ4v) is 1.48. The van der Waals surface area contributed by atoms with E-state index in [0.29, 0.717) is 0 Å². The van der Waals surface area contributed by atoms with Gasteiger partial charge in [-0.25, -0.2) is 0 Å². The van der Waals surface area contributed by atoms with Crippen molar-refractivity contribution in [2.45, 2.75) is 6.92 Å². The molecule has 0 spiro atoms. The van der Waals surface area contributed by atoms with Gasteiger partial charge in [0.2, 0.25) is 0 Å². The summed E-state index contributed by atoms with van der Waals surface area (Å²) in [6.07, 6.45) is 38.5. The molecule has 0 aromatic heterocycles. The van der Waals surface area contributed by atoms with E-state index in [4.69, 9.17) is 0 Å². The Bertz CT molecular complexity index is 565. The lowest BCUT2D eigenvalue weighted by molar-refractivity contribution is 1.65. The van der Waals surface area contributed by atoms with Crippen molar-refractivity contribution in [3.8, 4) is 0 Å². The lowest BCUT2D eigenvalue weighted by atomic mass is 10.2. The first-order chi connectivity index (χ1) is 10.4. The molecular formula is C21H22. The minimum absolute atomic E-state index is 1.15. The third-order valence-corrected chi connectivity index (χ3v) is 2.50. The number of allylic oxidation sites excluding steroid dienone is 20. The summed E-state index contributed by atoms with van der Waals surface area (Å²) < 4.78 is 0. The van der Waals surface area contributed by atoms with Crippen LogP contribution in [0.1, 0.15) is 6.92 Å². The normalized spacial score (nSPS) is 16.3. The molecular weight excluding hydrogens is 252 g/mol. The van der Waals surface area contributed by atoms with Crippen molar-refractivity contribution < 1.29 is 0 Å². The van der Waals surface area contributed by atoms with E-state index in [9.17, 15) is 0 Å². The molecule has 0 fully saturated rings. The van der Waals surface area contributed by atoms with Gasteiger partial charge in [0, 0.05) is 0 Å². The van der Waals surface area contributed by atoms with Gasteiger partial charge in [0.1, 0.15) is 0 Å². The monoisotopic (exact) mass is 274 g/mol. The molecule has 0 aromatic rings. The van der Waals surface area contributed by atoms with Gasteiger partial charge in [-0.1, -0.05) is 115 Å². The van der Waals surface area contributed by atoms with E-state index in [-0.39, 0.29) is 0 Å². The first-order valence-electron chi connectivity index (χ1n) is 7.11. The topological polar surface area (TPSA) is 0 Å². The molecule has 106 valence electrons. The molecule has 0 aromatic carbocycles. The predicted molar refractivity (Wildman–Crippen MR) is 96.0 cm³/mol. The molecule has 0 bridgehead atoms. The molecule has 0 heterocycles. The lowest BCUT2D eigenvalue weighted by Gasteiger charge is -1.90. The molecule has 1 aliphatic rings. The van der Waals surface area contributed by atoms with E-state index in [1.54, 1.807) is 0 Å². The van der Waals surface area contributed by atoms with Crippen molar-refractivity contribution in [3.63, 3.8) is 0 Å². The van der Waals surface area contributed by atoms with Crippen LogP contribution in [0.25, 0.3) is 0 Å². The molecule has 1 rings (SSSR count). The number of rotatable bonds is 2. The Morgan fingerprint density at radius 2 is 1.05 bits per heavy atom. The highest BCUT2D eigenvalue weighted by atomic mass is 13.9. The van der Waals surface area contributed by atoms with Crippen molar-refractivity contribution in [1.29, 1.82) is 0 Å². The Kier molecular flexibility index (Phi) is 9.74. The molecule has 0 saturated carbocycles. The third kappa shape index (κ3) is 9.92. The molecule has 0 aliphatic heterocycles. The highest BCUT2D eigenvalue weighted by Crippen LogP contribution is 2.02. The van der Waals surface area contributed by atoms with Crippen LogP contribution in [0.15, 0.2) is 121 Å². The summed E-state index contributed by atoms with van der Waals surface area (Å²) >= 11 is 0. The van der Waals surface area contributed by atoms with Crippen LogP contribution in [0.2, 0.25) is 0 Å². The van der Waals surface area contributed by atoms with Crippen molar-refractivity contribution in [1.82, 2.24) is 0 Å². The molecule has 0 saturated heterocycles. The molecule has 0 N–H and O–H groups in total. The molecule has 0 radical (unpaired) electrons. The van der Waals surface area contributed by atoms with Crippen LogP contribution in [-0.4, -0.2) is 0 Å². The zero-order valence-electron chi connectivity index (χ0n) is 12.5. The zero-order chi connectivity index (χ0) is 15.0. The van der Waals surface area contributed by atoms with Gasteiger partial charge >= 0.3 is 0 Å². The van der Waals surface area contributed by atoms with E-state index in [2.05, 4.69) is 18.2 Å². The Morgan fingerprint density at radius 3 is 1.57 bits per heavy atom. The van der Waals surface area contributed by atoms with Crippen LogP contribution >= 0.6 is 0 Å². The quantitative estimate of drug-likeness (QED) is 0.546. The fraction of sp³-hybridized carbons (Fsp3) is 0.0476. The maximum atomic E-state index is 2.08. The first-order valence-corrected chi connectivity index (χ1v) is 7.11. The minimum atomic E-state index is 1.15. The average Bonchev–Trinajstić information content (AvgIpc) is 2.49. The molecule has 21 heavy (non-hydrogen) atoms. The van der Waals surface area contributed by atoms with E-state index in [0.717, 1.165) is 5.57 Å². The van der Waals surface area contributed by atoms with Gasteiger partial charge in [-0.3, -0.25) is 0 Å². The SMILES string of the molecule is CC=CC=CC1=CC=CC=CC=CC=CC=CC=CC=C1. The predicted octanol–water partition coefficient (Wildman–Crippen LogP) is 5.95. The largest absolute Gasteiger partial charge is 0.0877 e. The van der Waals surface area contributed by atoms with Crippen LogP contribution in [0, 0.1) is 0 Å². The van der Waals surface area contributed by atoms with E-state index in [1.807, 2.05) is 104 Å². The van der Waals surface area contributed by atoms with Gasteiger partial charge in [0.15, 0.2) is 0 Å². The molecule has 0 amide bonds. The highest BCUT2D eigenvalue weighted by molar-refractivity contribution is 5.37. The Hall–Kier alpha value is -2.60. The number of hydrogen-bond donors (Lipinski definition) is 0. The van der Waals surface area contributed by atoms with Gasteiger partial charge in [0.05, 0.1) is 0 Å². The Morgan fingerprint density at radius 1 is 0.571 bits per heavy atom. The summed E-state index contributed by atoms with van der Waals surface area (Å²) in [7, 11) is 0. The minimum Gasteiger partial charge on any atom is -0.0877 e. The van der Waals surface area contributed by atoms with Crippen LogP contribution in [-0.2, 0) is 0 Å². The lowest BCUT2D eigenvalue weighted by Crippen LogP contribution is -1.69. The van der Waals surface area contributed by atoms with Gasteiger partial charge in [0.25, 0.3) is 0 Å². The molecule has 1 aliphatic carbocycles. The first kappa shape index (κ1) is 16.5. The summed E-state index contributed by atoms with van der Waals surface area (Å²) in [6.45, 7) is 2.01. The number of hydrogen-bond acceptors (Lipinski definition) is 0. The van der Waals surface area contributed by atoms with Crippen LogP contribution in [0.4, 0.5) is 0 Å². The van der Waals surface area contributed by atoms with Gasteiger partial charge < -0.3 is 0 Å². The maximum absolute atomic E-state index is 2.08. The van der Waals surface area contributed by atoms with Crippen molar-refractivity contribution >= 4 is 0 Å². The van der Waals surface area contributed by atoms with Crippen molar-refractivity contribution in [2.24, 2.45) is 0 Å². The average molecular weight is 274 g/mol. The summed E-state index contributed by atoms with van der Waals surface area (Å²) in [5, 5.41) is 0. The van der Waals surface area contributed by atoms with Crippen LogP contribution in [0.5, 0.6) is 0 Å². The summed E-state index contributed by atoms with van der Waals surface area (Å²) in [6, 6.07) is 0. The zero-order valence-corrected chi connectivity index (χ0v) is 12.5. The van der Waals surface area contributed by atoms with E-state index >= 15 is 0 Å². The van der Waals surface area contributed by atoms with Gasteiger partial charge in [-0.15, -0.1) is 0 Å². The smallest absolute Gasteiger partial charge is 0.0257 e. The van der Waals surface area contributed by atoms with Gasteiger partial charge in [-0.05, 0) is 12.5 Å². The second kappa shape index (κ2) is 12.4. The third-order valence-electron chi connectivity index (χ3n) is 2.50. The van der Waals surface area contributed by atoms with E-state index in [1.165, 1.54) is 0 Å². The van der Waals surface area contributed by atoms with Gasteiger partial charge in [-0.2, -0.15) is 0 Å². The van der Waals surface area contributed by atoms with Crippen LogP contribution in [0.3, 0.4) is 0 Å². The van der Waals surface area contributed by atoms with Crippen LogP contribution < -0.4 is 0 Å². The van der Waals surface area contributed by atoms with Crippen molar-refractivity contribution in [2.75, 3.05) is 0 Å². The molecule has 0 nitrogen and oxygen atoms in total. The fourth-order valence-electron chi connectivity index (χ4n) is 1.48. The van der Waals surface area contributed by atoms with Crippen molar-refractivity contribution in [3.05, 3.63) is 121 Å². The Balaban J connectivity index is 2.90. The summed E-state index contributed by atoms with van der Waals surface area (Å²) in [4.78, 5) is 0. The molecule has 0 atom stereocenters. The molecule has 0 unspecified atom stereocenters. The highest BCUT2D eigenvalue weighted by Gasteiger charge is 1.81. The Labute approximate surface area is 128 Å². The summed E-state index contributed by atoms with van der Waals surface area (Å²) in [5.41, 5.74) is 1.15. The summed E-state index contributed by atoms with van der Waals surface area (Å²) in [5.74, 6) is 0. The second-order valence-electron chi connectivity index (χ2n) is 4.22. The standard InChI is InChI=1S/C21H22/c1-2-3-15-18-21-19-16-13-11-9-7-5-4-6-8-10-12-14-17-20-21/h2-20H,1H3. The molecule has 0 heteroatoms. The van der Waals surface area contributed by atoms with E-state index < -0.39 is 0 Å².